The Hall–Kier alpha value is -1.30. The van der Waals surface area contributed by atoms with Crippen LogP contribution in [0.4, 0.5) is 5.69 Å². The normalized spacial score (nSPS) is 19.2. The van der Waals surface area contributed by atoms with Crippen molar-refractivity contribution in [2.24, 2.45) is 0 Å². The minimum Gasteiger partial charge on any atom is -0.353 e. The molecule has 0 bridgehead atoms. The number of carbonyl (C=O) groups excluding carboxylic acids is 2. The molecular formula is C11H11Cl2N3O2. The minimum absolute atomic E-state index is 0.122. The van der Waals surface area contributed by atoms with E-state index in [-0.39, 0.29) is 24.9 Å². The molecule has 0 aliphatic carbocycles. The standard InChI is InChI=1S/C11H11Cl2N3O2/c12-6-1-2-8(7(13)3-6)16-11(18)9-4-15-10(17)5-14-9/h1-3,9,14H,4-5H2,(H,15,17)(H,16,18). The number of hydrogen-bond acceptors (Lipinski definition) is 3. The second-order valence-corrected chi connectivity index (χ2v) is 4.69. The van der Waals surface area contributed by atoms with Crippen molar-refractivity contribution in [2.45, 2.75) is 6.04 Å². The van der Waals surface area contributed by atoms with Crippen LogP contribution in [-0.2, 0) is 9.59 Å². The maximum Gasteiger partial charge on any atom is 0.243 e. The zero-order valence-electron chi connectivity index (χ0n) is 9.30. The molecule has 1 unspecified atom stereocenters. The fourth-order valence-corrected chi connectivity index (χ4v) is 2.02. The summed E-state index contributed by atoms with van der Waals surface area (Å²) >= 11 is 11.7. The van der Waals surface area contributed by atoms with Gasteiger partial charge in [-0.1, -0.05) is 23.2 Å². The third-order valence-corrected chi connectivity index (χ3v) is 3.07. The first-order valence-electron chi connectivity index (χ1n) is 5.32. The summed E-state index contributed by atoms with van der Waals surface area (Å²) in [4.78, 5) is 22.8. The van der Waals surface area contributed by atoms with Gasteiger partial charge in [-0.15, -0.1) is 0 Å². The fourth-order valence-electron chi connectivity index (χ4n) is 1.56. The van der Waals surface area contributed by atoms with Gasteiger partial charge in [-0.25, -0.2) is 0 Å². The van der Waals surface area contributed by atoms with Crippen LogP contribution in [0.2, 0.25) is 10.0 Å². The van der Waals surface area contributed by atoms with E-state index in [9.17, 15) is 9.59 Å². The summed E-state index contributed by atoms with van der Waals surface area (Å²) in [5, 5.41) is 8.98. The fraction of sp³-hybridized carbons (Fsp3) is 0.273. The van der Waals surface area contributed by atoms with Crippen molar-refractivity contribution in [3.05, 3.63) is 28.2 Å². The van der Waals surface area contributed by atoms with Gasteiger partial charge in [-0.3, -0.25) is 14.9 Å². The van der Waals surface area contributed by atoms with E-state index in [1.807, 2.05) is 0 Å². The Balaban J connectivity index is 2.00. The SMILES string of the molecule is O=C1CNC(C(=O)Nc2ccc(Cl)cc2Cl)CN1. The topological polar surface area (TPSA) is 70.2 Å². The predicted molar refractivity (Wildman–Crippen MR) is 69.9 cm³/mol. The lowest BCUT2D eigenvalue weighted by Gasteiger charge is -2.23. The number of hydrogen-bond donors (Lipinski definition) is 3. The van der Waals surface area contributed by atoms with Crippen molar-refractivity contribution in [3.63, 3.8) is 0 Å². The summed E-state index contributed by atoms with van der Waals surface area (Å²) in [6.45, 7) is 0.391. The highest BCUT2D eigenvalue weighted by atomic mass is 35.5. The first-order valence-corrected chi connectivity index (χ1v) is 6.08. The van der Waals surface area contributed by atoms with Crippen molar-refractivity contribution in [3.8, 4) is 0 Å². The molecular weight excluding hydrogens is 277 g/mol. The first-order chi connectivity index (χ1) is 8.56. The highest BCUT2D eigenvalue weighted by molar-refractivity contribution is 6.36. The van der Waals surface area contributed by atoms with Crippen molar-refractivity contribution >= 4 is 40.7 Å². The zero-order valence-corrected chi connectivity index (χ0v) is 10.8. The molecule has 0 aromatic heterocycles. The Morgan fingerprint density at radius 1 is 1.39 bits per heavy atom. The highest BCUT2D eigenvalue weighted by Gasteiger charge is 2.24. The predicted octanol–water partition coefficient (Wildman–Crippen LogP) is 1.02. The van der Waals surface area contributed by atoms with Crippen LogP contribution in [0.1, 0.15) is 0 Å². The van der Waals surface area contributed by atoms with E-state index in [1.165, 1.54) is 0 Å². The highest BCUT2D eigenvalue weighted by Crippen LogP contribution is 2.25. The molecule has 1 atom stereocenters. The van der Waals surface area contributed by atoms with Gasteiger partial charge in [0.2, 0.25) is 11.8 Å². The molecule has 1 fully saturated rings. The molecule has 0 spiro atoms. The molecule has 0 saturated carbocycles. The molecule has 1 aliphatic rings. The Kier molecular flexibility index (Phi) is 4.06. The van der Waals surface area contributed by atoms with Crippen LogP contribution in [0.25, 0.3) is 0 Å². The first kappa shape index (κ1) is 13.1. The van der Waals surface area contributed by atoms with Gasteiger partial charge in [0.25, 0.3) is 0 Å². The summed E-state index contributed by atoms with van der Waals surface area (Å²) in [5.41, 5.74) is 0.491. The largest absolute Gasteiger partial charge is 0.353 e. The van der Waals surface area contributed by atoms with Crippen molar-refractivity contribution in [1.82, 2.24) is 10.6 Å². The van der Waals surface area contributed by atoms with E-state index in [0.717, 1.165) is 0 Å². The Morgan fingerprint density at radius 3 is 2.78 bits per heavy atom. The van der Waals surface area contributed by atoms with Crippen molar-refractivity contribution in [2.75, 3.05) is 18.4 Å². The lowest BCUT2D eigenvalue weighted by Crippen LogP contribution is -2.56. The van der Waals surface area contributed by atoms with Gasteiger partial charge in [0, 0.05) is 11.6 Å². The molecule has 96 valence electrons. The van der Waals surface area contributed by atoms with Crippen LogP contribution < -0.4 is 16.0 Å². The van der Waals surface area contributed by atoms with Gasteiger partial charge in [0.05, 0.1) is 17.3 Å². The summed E-state index contributed by atoms with van der Waals surface area (Å²) < 4.78 is 0. The molecule has 1 aromatic carbocycles. The molecule has 2 amide bonds. The average Bonchev–Trinajstić information content (AvgIpc) is 2.33. The van der Waals surface area contributed by atoms with E-state index < -0.39 is 6.04 Å². The molecule has 3 N–H and O–H groups in total. The number of anilines is 1. The Labute approximate surface area is 114 Å². The summed E-state index contributed by atoms with van der Waals surface area (Å²) in [7, 11) is 0. The molecule has 0 radical (unpaired) electrons. The molecule has 5 nitrogen and oxygen atoms in total. The quantitative estimate of drug-likeness (QED) is 0.761. The lowest BCUT2D eigenvalue weighted by atomic mass is 10.2. The van der Waals surface area contributed by atoms with Crippen LogP contribution in [0.15, 0.2) is 18.2 Å². The number of rotatable bonds is 2. The summed E-state index contributed by atoms with van der Waals surface area (Å²) in [6.07, 6.45) is 0. The number of amides is 2. The smallest absolute Gasteiger partial charge is 0.243 e. The molecule has 1 saturated heterocycles. The molecule has 7 heteroatoms. The maximum atomic E-state index is 11.9. The molecule has 2 rings (SSSR count). The van der Waals surface area contributed by atoms with Gasteiger partial charge in [0.15, 0.2) is 0 Å². The molecule has 18 heavy (non-hydrogen) atoms. The zero-order chi connectivity index (χ0) is 13.1. The van der Waals surface area contributed by atoms with E-state index in [0.29, 0.717) is 15.7 Å². The Morgan fingerprint density at radius 2 is 2.17 bits per heavy atom. The second-order valence-electron chi connectivity index (χ2n) is 3.85. The number of piperazine rings is 1. The van der Waals surface area contributed by atoms with Crippen LogP contribution >= 0.6 is 23.2 Å². The van der Waals surface area contributed by atoms with Gasteiger partial charge >= 0.3 is 0 Å². The summed E-state index contributed by atoms with van der Waals surface area (Å²) in [5.74, 6) is -0.372. The molecule has 1 aliphatic heterocycles. The summed E-state index contributed by atoms with van der Waals surface area (Å²) in [6, 6.07) is 4.35. The van der Waals surface area contributed by atoms with Gasteiger partial charge in [0.1, 0.15) is 6.04 Å². The number of carbonyl (C=O) groups is 2. The number of nitrogens with one attached hydrogen (secondary N) is 3. The van der Waals surface area contributed by atoms with E-state index in [2.05, 4.69) is 16.0 Å². The van der Waals surface area contributed by atoms with E-state index in [4.69, 9.17) is 23.2 Å². The van der Waals surface area contributed by atoms with Crippen LogP contribution in [0.3, 0.4) is 0 Å². The lowest BCUT2D eigenvalue weighted by molar-refractivity contribution is -0.124. The third kappa shape index (κ3) is 3.13. The minimum atomic E-state index is -0.463. The second kappa shape index (κ2) is 5.56. The van der Waals surface area contributed by atoms with Gasteiger partial charge in [-0.05, 0) is 18.2 Å². The third-order valence-electron chi connectivity index (χ3n) is 2.52. The van der Waals surface area contributed by atoms with Crippen LogP contribution in [-0.4, -0.2) is 30.9 Å². The average molecular weight is 288 g/mol. The van der Waals surface area contributed by atoms with E-state index >= 15 is 0 Å². The van der Waals surface area contributed by atoms with Gasteiger partial charge < -0.3 is 10.6 Å². The Bertz CT molecular complexity index is 483. The monoisotopic (exact) mass is 287 g/mol. The maximum absolute atomic E-state index is 11.9. The molecule has 1 aromatic rings. The van der Waals surface area contributed by atoms with Crippen LogP contribution in [0, 0.1) is 0 Å². The number of benzene rings is 1. The van der Waals surface area contributed by atoms with Crippen LogP contribution in [0.5, 0.6) is 0 Å². The van der Waals surface area contributed by atoms with Gasteiger partial charge in [-0.2, -0.15) is 0 Å². The van der Waals surface area contributed by atoms with E-state index in [1.54, 1.807) is 18.2 Å². The van der Waals surface area contributed by atoms with Crippen molar-refractivity contribution in [1.29, 1.82) is 0 Å². The molecule has 1 heterocycles. The number of halogens is 2. The van der Waals surface area contributed by atoms with Crippen molar-refractivity contribution < 1.29 is 9.59 Å².